The molecular weight excluding hydrogens is 314 g/mol. The second-order valence-corrected chi connectivity index (χ2v) is 6.63. The molecule has 0 aliphatic rings. The standard InChI is InChI=1S/C13H16F2N4O2S/c1-3-11(12-16-8(2)18-19-12)17-9-4-6-10(7-5-9)22(20,21)13(14)15/h4-7,11,13,17H,3H2,1-2H3,(H,16,18,19). The van der Waals surface area contributed by atoms with Crippen molar-refractivity contribution in [2.45, 2.75) is 37.0 Å². The largest absolute Gasteiger partial charge is 0.375 e. The van der Waals surface area contributed by atoms with E-state index in [1.54, 1.807) is 6.92 Å². The molecule has 1 aromatic heterocycles. The number of benzene rings is 1. The van der Waals surface area contributed by atoms with Gasteiger partial charge in [0.25, 0.3) is 0 Å². The van der Waals surface area contributed by atoms with Crippen LogP contribution in [0.2, 0.25) is 0 Å². The highest BCUT2D eigenvalue weighted by Gasteiger charge is 2.26. The summed E-state index contributed by atoms with van der Waals surface area (Å²) in [5.41, 5.74) is 0.600. The molecule has 0 aliphatic heterocycles. The summed E-state index contributed by atoms with van der Waals surface area (Å²) < 4.78 is 47.6. The Morgan fingerprint density at radius 3 is 2.36 bits per heavy atom. The van der Waals surface area contributed by atoms with E-state index in [2.05, 4.69) is 20.5 Å². The van der Waals surface area contributed by atoms with Crippen LogP contribution in [-0.2, 0) is 9.84 Å². The van der Waals surface area contributed by atoms with E-state index in [4.69, 9.17) is 0 Å². The molecule has 2 N–H and O–H groups in total. The maximum absolute atomic E-state index is 12.5. The molecule has 1 aromatic carbocycles. The molecule has 0 radical (unpaired) electrons. The minimum atomic E-state index is -4.57. The number of H-pyrrole nitrogens is 1. The van der Waals surface area contributed by atoms with Crippen LogP contribution < -0.4 is 5.32 Å². The fourth-order valence-electron chi connectivity index (χ4n) is 1.91. The highest BCUT2D eigenvalue weighted by atomic mass is 32.2. The van der Waals surface area contributed by atoms with Crippen molar-refractivity contribution in [2.24, 2.45) is 0 Å². The third-order valence-electron chi connectivity index (χ3n) is 3.09. The molecular formula is C13H16F2N4O2S. The van der Waals surface area contributed by atoms with Crippen LogP contribution in [0.4, 0.5) is 14.5 Å². The highest BCUT2D eigenvalue weighted by Crippen LogP contribution is 2.23. The molecule has 6 nitrogen and oxygen atoms in total. The maximum Gasteiger partial charge on any atom is 0.341 e. The van der Waals surface area contributed by atoms with E-state index in [-0.39, 0.29) is 6.04 Å². The fraction of sp³-hybridized carbons (Fsp3) is 0.385. The number of hydrogen-bond acceptors (Lipinski definition) is 5. The number of aromatic amines is 1. The van der Waals surface area contributed by atoms with Crippen molar-refractivity contribution in [3.8, 4) is 0 Å². The Labute approximate surface area is 126 Å². The van der Waals surface area contributed by atoms with Gasteiger partial charge in [-0.3, -0.25) is 5.10 Å². The van der Waals surface area contributed by atoms with Crippen LogP contribution in [-0.4, -0.2) is 29.4 Å². The number of anilines is 1. The first-order chi connectivity index (χ1) is 10.3. The minimum Gasteiger partial charge on any atom is -0.375 e. The average molecular weight is 330 g/mol. The van der Waals surface area contributed by atoms with Gasteiger partial charge in [0.05, 0.1) is 10.9 Å². The molecule has 0 aliphatic carbocycles. The lowest BCUT2D eigenvalue weighted by atomic mass is 10.2. The summed E-state index contributed by atoms with van der Waals surface area (Å²) in [5.74, 6) is -2.15. The van der Waals surface area contributed by atoms with Gasteiger partial charge in [-0.1, -0.05) is 6.92 Å². The van der Waals surface area contributed by atoms with Crippen LogP contribution >= 0.6 is 0 Å². The first-order valence-corrected chi connectivity index (χ1v) is 8.16. The summed E-state index contributed by atoms with van der Waals surface area (Å²) in [5, 5.41) is 9.96. The van der Waals surface area contributed by atoms with E-state index >= 15 is 0 Å². The van der Waals surface area contributed by atoms with Crippen molar-refractivity contribution in [1.29, 1.82) is 0 Å². The Bertz CT molecular complexity index is 729. The van der Waals surface area contributed by atoms with E-state index in [1.165, 1.54) is 12.1 Å². The molecule has 9 heteroatoms. The third kappa shape index (κ3) is 3.41. The summed E-state index contributed by atoms with van der Waals surface area (Å²) in [4.78, 5) is 3.83. The Balaban J connectivity index is 2.17. The lowest BCUT2D eigenvalue weighted by Gasteiger charge is -2.15. The van der Waals surface area contributed by atoms with Crippen LogP contribution in [0.1, 0.15) is 31.0 Å². The minimum absolute atomic E-state index is 0.164. The molecule has 22 heavy (non-hydrogen) atoms. The van der Waals surface area contributed by atoms with Crippen molar-refractivity contribution in [3.05, 3.63) is 35.9 Å². The maximum atomic E-state index is 12.5. The lowest BCUT2D eigenvalue weighted by Crippen LogP contribution is -2.13. The normalized spacial score (nSPS) is 13.3. The summed E-state index contributed by atoms with van der Waals surface area (Å²) in [6, 6.07) is 5.02. The predicted molar refractivity (Wildman–Crippen MR) is 77.4 cm³/mol. The number of hydrogen-bond donors (Lipinski definition) is 2. The van der Waals surface area contributed by atoms with Gasteiger partial charge in [0.1, 0.15) is 5.82 Å². The predicted octanol–water partition coefficient (Wildman–Crippen LogP) is 2.67. The third-order valence-corrected chi connectivity index (χ3v) is 4.49. The number of rotatable bonds is 6. The van der Waals surface area contributed by atoms with Crippen molar-refractivity contribution in [3.63, 3.8) is 0 Å². The summed E-state index contributed by atoms with van der Waals surface area (Å²) in [6.07, 6.45) is 0.703. The van der Waals surface area contributed by atoms with Gasteiger partial charge in [0.2, 0.25) is 9.84 Å². The van der Waals surface area contributed by atoms with E-state index in [0.717, 1.165) is 12.1 Å². The molecule has 0 saturated carbocycles. The molecule has 0 amide bonds. The second-order valence-electron chi connectivity index (χ2n) is 4.71. The first kappa shape index (κ1) is 16.3. The van der Waals surface area contributed by atoms with Crippen LogP contribution in [0.5, 0.6) is 0 Å². The number of alkyl halides is 2. The summed E-state index contributed by atoms with van der Waals surface area (Å²) in [7, 11) is -4.57. The molecule has 2 aromatic rings. The van der Waals surface area contributed by atoms with Crippen molar-refractivity contribution in [2.75, 3.05) is 5.32 Å². The number of halogens is 2. The molecule has 0 bridgehead atoms. The molecule has 0 saturated heterocycles. The quantitative estimate of drug-likeness (QED) is 0.850. The molecule has 1 heterocycles. The van der Waals surface area contributed by atoms with Crippen LogP contribution in [0.25, 0.3) is 0 Å². The Kier molecular flexibility index (Phi) is 4.74. The molecule has 0 spiro atoms. The summed E-state index contributed by atoms with van der Waals surface area (Å²) >= 11 is 0. The monoisotopic (exact) mass is 330 g/mol. The number of sulfone groups is 1. The Morgan fingerprint density at radius 2 is 1.91 bits per heavy atom. The van der Waals surface area contributed by atoms with Gasteiger partial charge in [0.15, 0.2) is 5.82 Å². The van der Waals surface area contributed by atoms with Crippen molar-refractivity contribution >= 4 is 15.5 Å². The van der Waals surface area contributed by atoms with Gasteiger partial charge in [-0.05, 0) is 37.6 Å². The van der Waals surface area contributed by atoms with E-state index in [0.29, 0.717) is 23.8 Å². The average Bonchev–Trinajstić information content (AvgIpc) is 2.91. The molecule has 120 valence electrons. The SMILES string of the molecule is CCC(Nc1ccc(S(=O)(=O)C(F)F)cc1)c1n[nH]c(C)n1. The zero-order valence-electron chi connectivity index (χ0n) is 12.0. The lowest BCUT2D eigenvalue weighted by molar-refractivity contribution is 0.234. The van der Waals surface area contributed by atoms with Gasteiger partial charge in [-0.2, -0.15) is 13.9 Å². The van der Waals surface area contributed by atoms with E-state index in [1.807, 2.05) is 6.92 Å². The Morgan fingerprint density at radius 1 is 1.27 bits per heavy atom. The topological polar surface area (TPSA) is 87.7 Å². The van der Waals surface area contributed by atoms with Gasteiger partial charge in [0, 0.05) is 5.69 Å². The smallest absolute Gasteiger partial charge is 0.341 e. The first-order valence-electron chi connectivity index (χ1n) is 6.62. The van der Waals surface area contributed by atoms with Crippen LogP contribution in [0.15, 0.2) is 29.2 Å². The van der Waals surface area contributed by atoms with Crippen LogP contribution in [0, 0.1) is 6.92 Å². The molecule has 2 rings (SSSR count). The fourth-order valence-corrected chi connectivity index (χ4v) is 2.63. The van der Waals surface area contributed by atoms with Gasteiger partial charge < -0.3 is 5.32 Å². The van der Waals surface area contributed by atoms with Gasteiger partial charge in [-0.25, -0.2) is 13.4 Å². The molecule has 1 atom stereocenters. The number of nitrogens with one attached hydrogen (secondary N) is 2. The number of aryl methyl sites for hydroxylation is 1. The van der Waals surface area contributed by atoms with Gasteiger partial charge >= 0.3 is 5.76 Å². The summed E-state index contributed by atoms with van der Waals surface area (Å²) in [6.45, 7) is 3.73. The van der Waals surface area contributed by atoms with E-state index in [9.17, 15) is 17.2 Å². The molecule has 0 fully saturated rings. The van der Waals surface area contributed by atoms with Gasteiger partial charge in [-0.15, -0.1) is 0 Å². The Hall–Kier alpha value is -2.03. The number of nitrogens with zero attached hydrogens (tertiary/aromatic N) is 2. The zero-order chi connectivity index (χ0) is 16.3. The second kappa shape index (κ2) is 6.39. The van der Waals surface area contributed by atoms with Crippen molar-refractivity contribution < 1.29 is 17.2 Å². The highest BCUT2D eigenvalue weighted by molar-refractivity contribution is 7.91. The number of aromatic nitrogens is 3. The van der Waals surface area contributed by atoms with Crippen LogP contribution in [0.3, 0.4) is 0 Å². The van der Waals surface area contributed by atoms with Crippen molar-refractivity contribution in [1.82, 2.24) is 15.2 Å². The molecule has 1 unspecified atom stereocenters. The zero-order valence-corrected chi connectivity index (χ0v) is 12.9. The van der Waals surface area contributed by atoms with E-state index < -0.39 is 20.5 Å².